The van der Waals surface area contributed by atoms with E-state index in [1.807, 2.05) is 19.4 Å². The molecule has 0 radical (unpaired) electrons. The molecular weight excluding hydrogens is 246 g/mol. The Kier molecular flexibility index (Phi) is 4.37. The number of rotatable bonds is 3. The molecule has 1 amide bonds. The molecule has 1 N–H and O–H groups in total. The lowest BCUT2D eigenvalue weighted by Crippen LogP contribution is -2.50. The van der Waals surface area contributed by atoms with Crippen LogP contribution in [0.4, 0.5) is 5.00 Å². The number of aryl methyl sites for hydroxylation is 1. The van der Waals surface area contributed by atoms with Gasteiger partial charge in [0.1, 0.15) is 5.00 Å². The van der Waals surface area contributed by atoms with Crippen molar-refractivity contribution in [2.24, 2.45) is 0 Å². The molecule has 1 fully saturated rings. The van der Waals surface area contributed by atoms with Gasteiger partial charge >= 0.3 is 0 Å². The van der Waals surface area contributed by atoms with Gasteiger partial charge in [-0.15, -0.1) is 11.3 Å². The van der Waals surface area contributed by atoms with Crippen LogP contribution >= 0.6 is 11.3 Å². The van der Waals surface area contributed by atoms with E-state index >= 15 is 0 Å². The van der Waals surface area contributed by atoms with Crippen molar-refractivity contribution in [1.82, 2.24) is 10.2 Å². The van der Waals surface area contributed by atoms with Gasteiger partial charge in [0.05, 0.1) is 0 Å². The minimum atomic E-state index is 0.188. The Morgan fingerprint density at radius 2 is 2.44 bits per heavy atom. The second-order valence-electron chi connectivity index (χ2n) is 4.98. The number of piperazine rings is 1. The topological polar surface area (TPSA) is 35.6 Å². The fourth-order valence-corrected chi connectivity index (χ4v) is 3.21. The number of hydrogen-bond donors (Lipinski definition) is 1. The highest BCUT2D eigenvalue weighted by atomic mass is 32.1. The van der Waals surface area contributed by atoms with Crippen LogP contribution in [0.5, 0.6) is 0 Å². The maximum absolute atomic E-state index is 12.2. The maximum Gasteiger partial charge on any atom is 0.228 e. The van der Waals surface area contributed by atoms with Crippen molar-refractivity contribution in [3.8, 4) is 0 Å². The van der Waals surface area contributed by atoms with E-state index in [2.05, 4.69) is 23.3 Å². The molecule has 1 aromatic heterocycles. The van der Waals surface area contributed by atoms with Gasteiger partial charge in [0.2, 0.25) is 5.91 Å². The highest BCUT2D eigenvalue weighted by Crippen LogP contribution is 2.26. The maximum atomic E-state index is 12.2. The molecule has 18 heavy (non-hydrogen) atoms. The van der Waals surface area contributed by atoms with Crippen molar-refractivity contribution < 1.29 is 4.79 Å². The van der Waals surface area contributed by atoms with Crippen LogP contribution in [0.2, 0.25) is 0 Å². The van der Waals surface area contributed by atoms with E-state index in [0.717, 1.165) is 24.6 Å². The van der Waals surface area contributed by atoms with Crippen LogP contribution in [0.25, 0.3) is 0 Å². The smallest absolute Gasteiger partial charge is 0.228 e. The molecule has 0 aromatic carbocycles. The molecule has 1 aliphatic rings. The normalized spacial score (nSPS) is 20.9. The fourth-order valence-electron chi connectivity index (χ4n) is 2.30. The Morgan fingerprint density at radius 1 is 1.67 bits per heavy atom. The number of anilines is 1. The predicted octanol–water partition coefficient (Wildman–Crippen LogP) is 1.31. The highest BCUT2D eigenvalue weighted by molar-refractivity contribution is 7.14. The number of thiophene rings is 1. The van der Waals surface area contributed by atoms with Crippen LogP contribution in [-0.2, 0) is 4.79 Å². The van der Waals surface area contributed by atoms with E-state index < -0.39 is 0 Å². The minimum absolute atomic E-state index is 0.188. The molecule has 2 rings (SSSR count). The lowest BCUT2D eigenvalue weighted by atomic mass is 10.1. The number of amides is 1. The van der Waals surface area contributed by atoms with Gasteiger partial charge < -0.3 is 15.1 Å². The van der Waals surface area contributed by atoms with Crippen molar-refractivity contribution in [3.63, 3.8) is 0 Å². The number of hydrogen-bond acceptors (Lipinski definition) is 4. The number of carbonyl (C=O) groups excluding carboxylic acids is 1. The molecule has 0 spiro atoms. The van der Waals surface area contributed by atoms with E-state index in [4.69, 9.17) is 0 Å². The highest BCUT2D eigenvalue weighted by Gasteiger charge is 2.22. The molecule has 1 unspecified atom stereocenters. The lowest BCUT2D eigenvalue weighted by Gasteiger charge is -2.31. The summed E-state index contributed by atoms with van der Waals surface area (Å²) in [6.07, 6.45) is 0.568. The van der Waals surface area contributed by atoms with Crippen molar-refractivity contribution in [3.05, 3.63) is 17.0 Å². The number of likely N-dealkylation sites (N-methyl/N-ethyl adjacent to an activating group) is 1. The van der Waals surface area contributed by atoms with Crippen molar-refractivity contribution in [1.29, 1.82) is 0 Å². The average molecular weight is 267 g/mol. The predicted molar refractivity (Wildman–Crippen MR) is 76.4 cm³/mol. The van der Waals surface area contributed by atoms with E-state index in [0.29, 0.717) is 6.42 Å². The van der Waals surface area contributed by atoms with Crippen LogP contribution < -0.4 is 10.2 Å². The second kappa shape index (κ2) is 5.82. The van der Waals surface area contributed by atoms with Crippen LogP contribution in [-0.4, -0.2) is 50.6 Å². The number of nitrogens with zero attached hydrogens (tertiary/aromatic N) is 2. The zero-order chi connectivity index (χ0) is 13.1. The summed E-state index contributed by atoms with van der Waals surface area (Å²) in [5, 5.41) is 6.50. The van der Waals surface area contributed by atoms with E-state index in [9.17, 15) is 4.79 Å². The molecule has 0 bridgehead atoms. The standard InChI is InChI=1S/C13H21N3OS/c1-10-4-7-18-13(10)16(3)12(17)8-11-9-15(2)6-5-14-11/h4,7,11,14H,5-6,8-9H2,1-3H3. The Balaban J connectivity index is 1.93. The molecule has 2 heterocycles. The average Bonchev–Trinajstić information content (AvgIpc) is 2.74. The van der Waals surface area contributed by atoms with Gasteiger partial charge in [0, 0.05) is 39.1 Å². The van der Waals surface area contributed by atoms with E-state index in [-0.39, 0.29) is 11.9 Å². The van der Waals surface area contributed by atoms with Gasteiger partial charge in [0.15, 0.2) is 0 Å². The molecule has 0 aliphatic carbocycles. The summed E-state index contributed by atoms with van der Waals surface area (Å²) in [5.74, 6) is 0.188. The summed E-state index contributed by atoms with van der Waals surface area (Å²) in [6, 6.07) is 2.33. The Morgan fingerprint density at radius 3 is 3.06 bits per heavy atom. The molecular formula is C13H21N3OS. The first-order chi connectivity index (χ1) is 8.58. The first-order valence-corrected chi connectivity index (χ1v) is 7.18. The third-order valence-electron chi connectivity index (χ3n) is 3.39. The SMILES string of the molecule is Cc1ccsc1N(C)C(=O)CC1CN(C)CCN1. The monoisotopic (exact) mass is 267 g/mol. The Hall–Kier alpha value is -0.910. The van der Waals surface area contributed by atoms with Crippen LogP contribution in [0.1, 0.15) is 12.0 Å². The molecule has 0 saturated carbocycles. The first kappa shape index (κ1) is 13.5. The van der Waals surface area contributed by atoms with Gasteiger partial charge in [-0.2, -0.15) is 0 Å². The second-order valence-corrected chi connectivity index (χ2v) is 5.87. The molecule has 4 nitrogen and oxygen atoms in total. The molecule has 1 atom stereocenters. The molecule has 1 aliphatic heterocycles. The summed E-state index contributed by atoms with van der Waals surface area (Å²) >= 11 is 1.62. The van der Waals surface area contributed by atoms with Gasteiger partial charge in [-0.1, -0.05) is 0 Å². The van der Waals surface area contributed by atoms with Crippen molar-refractivity contribution in [2.45, 2.75) is 19.4 Å². The van der Waals surface area contributed by atoms with Gasteiger partial charge in [-0.05, 0) is 31.0 Å². The third-order valence-corrected chi connectivity index (χ3v) is 4.48. The number of carbonyl (C=O) groups is 1. The largest absolute Gasteiger partial charge is 0.311 e. The van der Waals surface area contributed by atoms with Gasteiger partial charge in [-0.3, -0.25) is 4.79 Å². The lowest BCUT2D eigenvalue weighted by molar-refractivity contribution is -0.119. The first-order valence-electron chi connectivity index (χ1n) is 6.30. The summed E-state index contributed by atoms with van der Waals surface area (Å²) < 4.78 is 0. The third kappa shape index (κ3) is 3.10. The zero-order valence-corrected chi connectivity index (χ0v) is 12.1. The zero-order valence-electron chi connectivity index (χ0n) is 11.3. The molecule has 5 heteroatoms. The van der Waals surface area contributed by atoms with Gasteiger partial charge in [-0.25, -0.2) is 0 Å². The quantitative estimate of drug-likeness (QED) is 0.897. The van der Waals surface area contributed by atoms with Gasteiger partial charge in [0.25, 0.3) is 0 Å². The molecule has 1 aromatic rings. The molecule has 1 saturated heterocycles. The summed E-state index contributed by atoms with van der Waals surface area (Å²) in [4.78, 5) is 16.3. The van der Waals surface area contributed by atoms with Crippen LogP contribution in [0.15, 0.2) is 11.4 Å². The summed E-state index contributed by atoms with van der Waals surface area (Å²) in [6.45, 7) is 5.02. The van der Waals surface area contributed by atoms with Crippen LogP contribution in [0.3, 0.4) is 0 Å². The Bertz CT molecular complexity index is 418. The minimum Gasteiger partial charge on any atom is -0.311 e. The van der Waals surface area contributed by atoms with E-state index in [1.54, 1.807) is 16.2 Å². The summed E-state index contributed by atoms with van der Waals surface area (Å²) in [5.41, 5.74) is 1.17. The molecule has 100 valence electrons. The van der Waals surface area contributed by atoms with Crippen molar-refractivity contribution in [2.75, 3.05) is 38.6 Å². The van der Waals surface area contributed by atoms with Crippen molar-refractivity contribution >= 4 is 22.2 Å². The fraction of sp³-hybridized carbons (Fsp3) is 0.615. The van der Waals surface area contributed by atoms with Crippen LogP contribution in [0, 0.1) is 6.92 Å². The summed E-state index contributed by atoms with van der Waals surface area (Å²) in [7, 11) is 3.97. The number of nitrogens with one attached hydrogen (secondary N) is 1. The van der Waals surface area contributed by atoms with E-state index in [1.165, 1.54) is 5.56 Å². The Labute approximate surface area is 113 Å².